The van der Waals surface area contributed by atoms with Gasteiger partial charge in [0.2, 0.25) is 0 Å². The second kappa shape index (κ2) is 3.17. The van der Waals surface area contributed by atoms with E-state index >= 15 is 0 Å². The third-order valence-electron chi connectivity index (χ3n) is 1.56. The van der Waals surface area contributed by atoms with Crippen molar-refractivity contribution in [3.63, 3.8) is 0 Å². The summed E-state index contributed by atoms with van der Waals surface area (Å²) in [5, 5.41) is 25.8. The van der Waals surface area contributed by atoms with E-state index in [4.69, 9.17) is 20.1 Å². The van der Waals surface area contributed by atoms with Gasteiger partial charge in [0.1, 0.15) is 12.2 Å². The van der Waals surface area contributed by atoms with Crippen LogP contribution in [0.15, 0.2) is 0 Å². The lowest BCUT2D eigenvalue weighted by molar-refractivity contribution is -0.139. The van der Waals surface area contributed by atoms with Crippen LogP contribution in [-0.2, 0) is 9.53 Å². The molecule has 1 unspecified atom stereocenters. The first kappa shape index (κ1) is 8.45. The SMILES string of the molecule is O=C(O)C[C@@H](O)[C@@H]1OC1CO. The molecule has 0 aromatic heterocycles. The molecule has 0 radical (unpaired) electrons. The Bertz CT molecular complexity index is 157. The van der Waals surface area contributed by atoms with Crippen LogP contribution in [0.4, 0.5) is 0 Å². The number of hydrogen-bond acceptors (Lipinski definition) is 4. The van der Waals surface area contributed by atoms with Crippen molar-refractivity contribution in [2.45, 2.75) is 24.7 Å². The molecule has 1 aliphatic rings. The Kier molecular flexibility index (Phi) is 2.43. The molecule has 1 rings (SSSR count). The topological polar surface area (TPSA) is 90.3 Å². The number of hydrogen-bond donors (Lipinski definition) is 3. The summed E-state index contributed by atoms with van der Waals surface area (Å²) in [7, 11) is 0. The molecular formula is C6H10O5. The van der Waals surface area contributed by atoms with Crippen LogP contribution in [-0.4, -0.2) is 46.2 Å². The molecule has 0 amide bonds. The second-order valence-electron chi connectivity index (χ2n) is 2.49. The van der Waals surface area contributed by atoms with Gasteiger partial charge in [-0.2, -0.15) is 0 Å². The Morgan fingerprint density at radius 3 is 2.64 bits per heavy atom. The van der Waals surface area contributed by atoms with Crippen LogP contribution < -0.4 is 0 Å². The van der Waals surface area contributed by atoms with E-state index in [0.29, 0.717) is 0 Å². The molecule has 5 heteroatoms. The average molecular weight is 162 g/mol. The highest BCUT2D eigenvalue weighted by atomic mass is 16.6. The molecule has 3 atom stereocenters. The zero-order valence-electron chi connectivity index (χ0n) is 5.80. The van der Waals surface area contributed by atoms with Crippen LogP contribution in [0.5, 0.6) is 0 Å². The van der Waals surface area contributed by atoms with Crippen molar-refractivity contribution >= 4 is 5.97 Å². The van der Waals surface area contributed by atoms with Gasteiger partial charge in [-0.3, -0.25) is 4.79 Å². The van der Waals surface area contributed by atoms with Crippen LogP contribution in [0.2, 0.25) is 0 Å². The van der Waals surface area contributed by atoms with Crippen molar-refractivity contribution in [1.82, 2.24) is 0 Å². The normalized spacial score (nSPS) is 31.5. The molecule has 0 saturated carbocycles. The molecule has 1 saturated heterocycles. The third kappa shape index (κ3) is 2.14. The fourth-order valence-corrected chi connectivity index (χ4v) is 0.937. The van der Waals surface area contributed by atoms with Crippen LogP contribution in [0, 0.1) is 0 Å². The predicted octanol–water partition coefficient (Wildman–Crippen LogP) is -1.42. The maximum absolute atomic E-state index is 10.1. The molecule has 0 aromatic carbocycles. The first-order chi connectivity index (χ1) is 5.15. The molecule has 5 nitrogen and oxygen atoms in total. The summed E-state index contributed by atoms with van der Waals surface area (Å²) in [4.78, 5) is 10.1. The Morgan fingerprint density at radius 1 is 1.64 bits per heavy atom. The number of carboxylic acid groups (broad SMARTS) is 1. The van der Waals surface area contributed by atoms with E-state index in [9.17, 15) is 4.79 Å². The van der Waals surface area contributed by atoms with Gasteiger partial charge in [-0.05, 0) is 0 Å². The standard InChI is InChI=1S/C6H10O5/c7-2-4-6(11-4)3(8)1-5(9)10/h3-4,6-8H,1-2H2,(H,9,10)/t3-,4?,6+/m1/s1. The molecule has 11 heavy (non-hydrogen) atoms. The number of aliphatic carboxylic acids is 1. The van der Waals surface area contributed by atoms with E-state index in [1.165, 1.54) is 0 Å². The summed E-state index contributed by atoms with van der Waals surface area (Å²) in [5.74, 6) is -1.07. The van der Waals surface area contributed by atoms with Crippen molar-refractivity contribution in [3.8, 4) is 0 Å². The minimum absolute atomic E-state index is 0.165. The number of carboxylic acids is 1. The summed E-state index contributed by atoms with van der Waals surface area (Å²) in [6.07, 6.45) is -2.19. The van der Waals surface area contributed by atoms with Gasteiger partial charge in [0.05, 0.1) is 19.1 Å². The van der Waals surface area contributed by atoms with Crippen LogP contribution >= 0.6 is 0 Å². The van der Waals surface area contributed by atoms with E-state index in [2.05, 4.69) is 0 Å². The number of epoxide rings is 1. The van der Waals surface area contributed by atoms with Gasteiger partial charge in [-0.15, -0.1) is 0 Å². The lowest BCUT2D eigenvalue weighted by Crippen LogP contribution is -2.21. The van der Waals surface area contributed by atoms with Gasteiger partial charge in [-0.1, -0.05) is 0 Å². The summed E-state index contributed by atoms with van der Waals surface area (Å²) < 4.78 is 4.77. The molecule has 64 valence electrons. The Hall–Kier alpha value is -0.650. The van der Waals surface area contributed by atoms with Gasteiger partial charge in [0, 0.05) is 0 Å². The highest BCUT2D eigenvalue weighted by Gasteiger charge is 2.44. The van der Waals surface area contributed by atoms with Crippen LogP contribution in [0.3, 0.4) is 0 Å². The molecule has 0 aromatic rings. The average Bonchev–Trinajstić information content (AvgIpc) is 2.63. The quantitative estimate of drug-likeness (QED) is 0.441. The van der Waals surface area contributed by atoms with Crippen molar-refractivity contribution in [2.75, 3.05) is 6.61 Å². The van der Waals surface area contributed by atoms with Crippen molar-refractivity contribution < 1.29 is 24.9 Å². The molecule has 0 aliphatic carbocycles. The summed E-state index contributed by atoms with van der Waals surface area (Å²) in [5.41, 5.74) is 0. The zero-order chi connectivity index (χ0) is 8.43. The molecule has 3 N–H and O–H groups in total. The molecule has 1 heterocycles. The lowest BCUT2D eigenvalue weighted by atomic mass is 10.1. The van der Waals surface area contributed by atoms with E-state index in [0.717, 1.165) is 0 Å². The van der Waals surface area contributed by atoms with Crippen LogP contribution in [0.25, 0.3) is 0 Å². The number of ether oxygens (including phenoxy) is 1. The van der Waals surface area contributed by atoms with Crippen molar-refractivity contribution in [2.24, 2.45) is 0 Å². The van der Waals surface area contributed by atoms with E-state index in [1.54, 1.807) is 0 Å². The molecular weight excluding hydrogens is 152 g/mol. The van der Waals surface area contributed by atoms with Gasteiger partial charge >= 0.3 is 5.97 Å². The fraction of sp³-hybridized carbons (Fsp3) is 0.833. The highest BCUT2D eigenvalue weighted by molar-refractivity contribution is 5.67. The second-order valence-corrected chi connectivity index (χ2v) is 2.49. The lowest BCUT2D eigenvalue weighted by Gasteiger charge is -2.01. The summed E-state index contributed by atoms with van der Waals surface area (Å²) >= 11 is 0. The fourth-order valence-electron chi connectivity index (χ4n) is 0.937. The predicted molar refractivity (Wildman–Crippen MR) is 34.0 cm³/mol. The number of rotatable bonds is 4. The maximum atomic E-state index is 10.1. The number of aliphatic hydroxyl groups excluding tert-OH is 2. The van der Waals surface area contributed by atoms with Crippen LogP contribution in [0.1, 0.15) is 6.42 Å². The Labute approximate surface area is 63.2 Å². The molecule has 0 spiro atoms. The number of carbonyl (C=O) groups is 1. The van der Waals surface area contributed by atoms with Crippen molar-refractivity contribution in [1.29, 1.82) is 0 Å². The first-order valence-corrected chi connectivity index (χ1v) is 3.31. The minimum atomic E-state index is -1.07. The molecule has 1 aliphatic heterocycles. The maximum Gasteiger partial charge on any atom is 0.306 e. The third-order valence-corrected chi connectivity index (χ3v) is 1.56. The van der Waals surface area contributed by atoms with Gasteiger partial charge in [-0.25, -0.2) is 0 Å². The van der Waals surface area contributed by atoms with Gasteiger partial charge in [0.25, 0.3) is 0 Å². The minimum Gasteiger partial charge on any atom is -0.481 e. The van der Waals surface area contributed by atoms with Crippen molar-refractivity contribution in [3.05, 3.63) is 0 Å². The monoisotopic (exact) mass is 162 g/mol. The Balaban J connectivity index is 2.22. The van der Waals surface area contributed by atoms with E-state index < -0.39 is 18.2 Å². The summed E-state index contributed by atoms with van der Waals surface area (Å²) in [6, 6.07) is 0. The van der Waals surface area contributed by atoms with Gasteiger partial charge in [0.15, 0.2) is 0 Å². The first-order valence-electron chi connectivity index (χ1n) is 3.31. The van der Waals surface area contributed by atoms with E-state index in [-0.39, 0.29) is 19.1 Å². The Morgan fingerprint density at radius 2 is 2.27 bits per heavy atom. The zero-order valence-corrected chi connectivity index (χ0v) is 5.80. The smallest absolute Gasteiger partial charge is 0.306 e. The molecule has 0 bridgehead atoms. The van der Waals surface area contributed by atoms with Gasteiger partial charge < -0.3 is 20.1 Å². The largest absolute Gasteiger partial charge is 0.481 e. The highest BCUT2D eigenvalue weighted by Crippen LogP contribution is 2.26. The summed E-state index contributed by atoms with van der Waals surface area (Å²) in [6.45, 7) is -0.165. The number of aliphatic hydroxyl groups is 2. The molecule has 1 fully saturated rings. The van der Waals surface area contributed by atoms with E-state index in [1.807, 2.05) is 0 Å².